The van der Waals surface area contributed by atoms with Crippen molar-refractivity contribution < 1.29 is 0 Å². The average molecular weight is 280 g/mol. The second-order valence-corrected chi connectivity index (χ2v) is 4.69. The zero-order chi connectivity index (χ0) is 13.3. The Balaban J connectivity index is 2.61. The highest BCUT2D eigenvalue weighted by atomic mass is 35.5. The fraction of sp³-hybridized carbons (Fsp3) is 0.231. The molecular weight excluding hydrogens is 269 g/mol. The molecule has 0 spiro atoms. The number of hydrogen-bond donors (Lipinski definition) is 0. The van der Waals surface area contributed by atoms with Crippen molar-refractivity contribution in [2.75, 3.05) is 0 Å². The Bertz CT molecular complexity index is 638. The molecule has 0 fully saturated rings. The minimum Gasteiger partial charge on any atom is -0.220 e. The Kier molecular flexibility index (Phi) is 3.60. The molecule has 0 atom stereocenters. The third kappa shape index (κ3) is 2.10. The molecule has 3 nitrogen and oxygen atoms in total. The van der Waals surface area contributed by atoms with Crippen LogP contribution in [0.4, 0.5) is 0 Å². The Hall–Kier alpha value is -1.50. The maximum Gasteiger partial charge on any atom is 0.150 e. The number of benzene rings is 1. The molecule has 1 heterocycles. The van der Waals surface area contributed by atoms with Gasteiger partial charge < -0.3 is 0 Å². The lowest BCUT2D eigenvalue weighted by molar-refractivity contribution is 0.841. The van der Waals surface area contributed by atoms with Crippen molar-refractivity contribution in [3.63, 3.8) is 0 Å². The molecule has 92 valence electrons. The summed E-state index contributed by atoms with van der Waals surface area (Å²) in [7, 11) is 0. The van der Waals surface area contributed by atoms with Gasteiger partial charge in [0.15, 0.2) is 5.15 Å². The topological polar surface area (TPSA) is 41.6 Å². The molecular formula is C13H11Cl2N3. The molecule has 0 amide bonds. The van der Waals surface area contributed by atoms with Crippen LogP contribution in [-0.4, -0.2) is 9.78 Å². The monoisotopic (exact) mass is 279 g/mol. The first-order valence-corrected chi connectivity index (χ1v) is 6.28. The van der Waals surface area contributed by atoms with Crippen LogP contribution in [0.2, 0.25) is 10.2 Å². The summed E-state index contributed by atoms with van der Waals surface area (Å²) in [4.78, 5) is 0. The van der Waals surface area contributed by atoms with E-state index in [1.165, 1.54) is 0 Å². The van der Waals surface area contributed by atoms with E-state index in [1.54, 1.807) is 10.7 Å². The highest BCUT2D eigenvalue weighted by Crippen LogP contribution is 2.26. The third-order valence-electron chi connectivity index (χ3n) is 2.75. The predicted molar refractivity (Wildman–Crippen MR) is 72.4 cm³/mol. The number of halogens is 2. The van der Waals surface area contributed by atoms with Crippen LogP contribution >= 0.6 is 23.2 Å². The molecule has 0 aliphatic rings. The molecule has 1 aromatic heterocycles. The molecule has 0 saturated heterocycles. The molecule has 2 rings (SSSR count). The van der Waals surface area contributed by atoms with E-state index in [-0.39, 0.29) is 0 Å². The van der Waals surface area contributed by atoms with Gasteiger partial charge in [0.1, 0.15) is 11.6 Å². The lowest BCUT2D eigenvalue weighted by atomic mass is 10.2. The molecule has 0 saturated carbocycles. The fourth-order valence-electron chi connectivity index (χ4n) is 1.68. The lowest BCUT2D eigenvalue weighted by Gasteiger charge is -2.05. The number of nitriles is 1. The molecule has 1 aromatic carbocycles. The molecule has 18 heavy (non-hydrogen) atoms. The van der Waals surface area contributed by atoms with Crippen LogP contribution in [0.25, 0.3) is 5.69 Å². The van der Waals surface area contributed by atoms with E-state index in [2.05, 4.69) is 11.2 Å². The summed E-state index contributed by atoms with van der Waals surface area (Å²) in [5.74, 6) is 0. The predicted octanol–water partition coefficient (Wildman–Crippen LogP) is 3.92. The van der Waals surface area contributed by atoms with Gasteiger partial charge in [0, 0.05) is 5.02 Å². The number of hydrogen-bond acceptors (Lipinski definition) is 2. The molecule has 2 aromatic rings. The first-order valence-electron chi connectivity index (χ1n) is 5.52. The minimum absolute atomic E-state index is 0.328. The lowest BCUT2D eigenvalue weighted by Crippen LogP contribution is -1.97. The normalized spacial score (nSPS) is 10.4. The summed E-state index contributed by atoms with van der Waals surface area (Å²) in [6, 6.07) is 7.64. The van der Waals surface area contributed by atoms with Gasteiger partial charge in [0.2, 0.25) is 0 Å². The van der Waals surface area contributed by atoms with Crippen LogP contribution in [0.3, 0.4) is 0 Å². The van der Waals surface area contributed by atoms with Crippen molar-refractivity contribution in [2.24, 2.45) is 0 Å². The number of nitrogens with zero attached hydrogens (tertiary/aromatic N) is 3. The van der Waals surface area contributed by atoms with Crippen LogP contribution < -0.4 is 0 Å². The van der Waals surface area contributed by atoms with Crippen molar-refractivity contribution in [1.29, 1.82) is 5.26 Å². The van der Waals surface area contributed by atoms with Crippen molar-refractivity contribution in [3.05, 3.63) is 45.2 Å². The van der Waals surface area contributed by atoms with Crippen LogP contribution in [0, 0.1) is 18.3 Å². The maximum absolute atomic E-state index is 9.08. The molecule has 5 heteroatoms. The standard InChI is InChI=1S/C13H11Cl2N3/c1-3-12-10(7-16)13(15)18(17-12)9-5-4-8(2)11(14)6-9/h4-6H,3H2,1-2H3. The van der Waals surface area contributed by atoms with Crippen LogP contribution in [-0.2, 0) is 6.42 Å². The van der Waals surface area contributed by atoms with Crippen LogP contribution in [0.15, 0.2) is 18.2 Å². The van der Waals surface area contributed by atoms with Gasteiger partial charge in [-0.25, -0.2) is 4.68 Å². The van der Waals surface area contributed by atoms with E-state index in [4.69, 9.17) is 28.5 Å². The van der Waals surface area contributed by atoms with Crippen molar-refractivity contribution >= 4 is 23.2 Å². The number of rotatable bonds is 2. The molecule has 0 aliphatic carbocycles. The van der Waals surface area contributed by atoms with Crippen molar-refractivity contribution in [2.45, 2.75) is 20.3 Å². The molecule has 0 unspecified atom stereocenters. The molecule has 0 radical (unpaired) electrons. The van der Waals surface area contributed by atoms with Gasteiger partial charge in [-0.05, 0) is 31.0 Å². The number of aromatic nitrogens is 2. The van der Waals surface area contributed by atoms with Gasteiger partial charge in [-0.15, -0.1) is 0 Å². The van der Waals surface area contributed by atoms with Gasteiger partial charge in [-0.1, -0.05) is 36.2 Å². The van der Waals surface area contributed by atoms with E-state index < -0.39 is 0 Å². The summed E-state index contributed by atoms with van der Waals surface area (Å²) in [6.07, 6.45) is 0.662. The second kappa shape index (κ2) is 5.01. The van der Waals surface area contributed by atoms with Crippen LogP contribution in [0.5, 0.6) is 0 Å². The Morgan fingerprint density at radius 3 is 2.61 bits per heavy atom. The highest BCUT2D eigenvalue weighted by Gasteiger charge is 2.16. The molecule has 0 N–H and O–H groups in total. The summed E-state index contributed by atoms with van der Waals surface area (Å²) < 4.78 is 1.55. The summed E-state index contributed by atoms with van der Waals surface area (Å²) in [5.41, 5.74) is 2.86. The quantitative estimate of drug-likeness (QED) is 0.836. The Labute approximate surface area is 116 Å². The fourth-order valence-corrected chi connectivity index (χ4v) is 2.14. The molecule has 0 aliphatic heterocycles. The van der Waals surface area contributed by atoms with Gasteiger partial charge in [0.25, 0.3) is 0 Å². The van der Waals surface area contributed by atoms with E-state index in [1.807, 2.05) is 26.0 Å². The van der Waals surface area contributed by atoms with Gasteiger partial charge in [-0.2, -0.15) is 10.4 Å². The smallest absolute Gasteiger partial charge is 0.150 e. The SMILES string of the molecule is CCc1nn(-c2ccc(C)c(Cl)c2)c(Cl)c1C#N. The summed E-state index contributed by atoms with van der Waals surface area (Å²) in [6.45, 7) is 3.86. The van der Waals surface area contributed by atoms with E-state index in [0.717, 1.165) is 11.3 Å². The zero-order valence-electron chi connectivity index (χ0n) is 10.0. The van der Waals surface area contributed by atoms with E-state index in [0.29, 0.717) is 27.9 Å². The Morgan fingerprint density at radius 1 is 1.39 bits per heavy atom. The first-order chi connectivity index (χ1) is 8.58. The van der Waals surface area contributed by atoms with Gasteiger partial charge >= 0.3 is 0 Å². The summed E-state index contributed by atoms with van der Waals surface area (Å²) in [5, 5.41) is 14.4. The van der Waals surface area contributed by atoms with Gasteiger partial charge in [0.05, 0.1) is 11.4 Å². The highest BCUT2D eigenvalue weighted by molar-refractivity contribution is 6.32. The van der Waals surface area contributed by atoms with Crippen LogP contribution in [0.1, 0.15) is 23.7 Å². The number of aryl methyl sites for hydroxylation is 2. The Morgan fingerprint density at radius 2 is 2.11 bits per heavy atom. The van der Waals surface area contributed by atoms with Crippen molar-refractivity contribution in [1.82, 2.24) is 9.78 Å². The van der Waals surface area contributed by atoms with Gasteiger partial charge in [-0.3, -0.25) is 0 Å². The van der Waals surface area contributed by atoms with Crippen molar-refractivity contribution in [3.8, 4) is 11.8 Å². The van der Waals surface area contributed by atoms with E-state index >= 15 is 0 Å². The molecule has 0 bridgehead atoms. The minimum atomic E-state index is 0.328. The first kappa shape index (κ1) is 12.9. The van der Waals surface area contributed by atoms with E-state index in [9.17, 15) is 0 Å². The second-order valence-electron chi connectivity index (χ2n) is 3.92. The maximum atomic E-state index is 9.08. The zero-order valence-corrected chi connectivity index (χ0v) is 11.5. The summed E-state index contributed by atoms with van der Waals surface area (Å²) >= 11 is 12.3. The third-order valence-corrected chi connectivity index (χ3v) is 3.50. The largest absolute Gasteiger partial charge is 0.220 e. The average Bonchev–Trinajstić information content (AvgIpc) is 2.69.